The van der Waals surface area contributed by atoms with Crippen LogP contribution in [0.2, 0.25) is 5.02 Å². The van der Waals surface area contributed by atoms with Crippen LogP contribution >= 0.6 is 11.6 Å². The molecule has 0 aliphatic heterocycles. The molecule has 0 saturated heterocycles. The Bertz CT molecular complexity index is 564. The monoisotopic (exact) mass is 291 g/mol. The highest BCUT2D eigenvalue weighted by Crippen LogP contribution is 2.16. The average molecular weight is 292 g/mol. The van der Waals surface area contributed by atoms with Gasteiger partial charge in [-0.15, -0.1) is 0 Å². The van der Waals surface area contributed by atoms with Gasteiger partial charge in [0.2, 0.25) is 0 Å². The van der Waals surface area contributed by atoms with Crippen LogP contribution in [0.25, 0.3) is 0 Å². The van der Waals surface area contributed by atoms with Crippen LogP contribution in [-0.2, 0) is 13.1 Å². The third-order valence-electron chi connectivity index (χ3n) is 3.30. The number of halogens is 2. The minimum absolute atomic E-state index is 0.225. The maximum atomic E-state index is 13.5. The Morgan fingerprint density at radius 2 is 1.75 bits per heavy atom. The van der Waals surface area contributed by atoms with Crippen molar-refractivity contribution in [3.63, 3.8) is 0 Å². The van der Waals surface area contributed by atoms with E-state index in [1.54, 1.807) is 12.1 Å². The zero-order chi connectivity index (χ0) is 14.5. The van der Waals surface area contributed by atoms with Crippen molar-refractivity contribution >= 4 is 11.6 Å². The number of hydrogen-bond acceptors (Lipinski definition) is 1. The van der Waals surface area contributed by atoms with Crippen molar-refractivity contribution in [2.45, 2.75) is 32.9 Å². The Labute approximate surface area is 124 Å². The molecule has 2 aromatic rings. The molecule has 2 rings (SSSR count). The molecule has 2 aromatic carbocycles. The lowest BCUT2D eigenvalue weighted by Gasteiger charge is -2.09. The van der Waals surface area contributed by atoms with Crippen LogP contribution < -0.4 is 5.32 Å². The summed E-state index contributed by atoms with van der Waals surface area (Å²) in [5, 5.41) is 3.80. The van der Waals surface area contributed by atoms with E-state index in [1.165, 1.54) is 17.2 Å². The summed E-state index contributed by atoms with van der Waals surface area (Å²) in [6, 6.07) is 13.1. The fourth-order valence-electron chi connectivity index (χ4n) is 2.04. The Morgan fingerprint density at radius 3 is 2.40 bits per heavy atom. The van der Waals surface area contributed by atoms with E-state index >= 15 is 0 Å². The van der Waals surface area contributed by atoms with E-state index in [9.17, 15) is 4.39 Å². The topological polar surface area (TPSA) is 12.0 Å². The molecule has 0 aliphatic carbocycles. The van der Waals surface area contributed by atoms with Gasteiger partial charge in [0.05, 0.1) is 0 Å². The number of nitrogens with one attached hydrogen (secondary N) is 1. The number of benzene rings is 2. The Hall–Kier alpha value is -1.38. The minimum atomic E-state index is -0.225. The first-order valence-electron chi connectivity index (χ1n) is 6.79. The second-order valence-corrected chi connectivity index (χ2v) is 5.67. The summed E-state index contributed by atoms with van der Waals surface area (Å²) in [6.07, 6.45) is 0. The quantitative estimate of drug-likeness (QED) is 0.827. The van der Waals surface area contributed by atoms with Gasteiger partial charge in [0.25, 0.3) is 0 Å². The molecule has 0 fully saturated rings. The van der Waals surface area contributed by atoms with Gasteiger partial charge in [0.15, 0.2) is 0 Å². The molecular formula is C17H19ClFN. The zero-order valence-electron chi connectivity index (χ0n) is 11.8. The molecule has 0 amide bonds. The van der Waals surface area contributed by atoms with E-state index in [4.69, 9.17) is 11.6 Å². The highest BCUT2D eigenvalue weighted by atomic mass is 35.5. The first-order valence-corrected chi connectivity index (χ1v) is 7.17. The molecule has 0 aromatic heterocycles. The van der Waals surface area contributed by atoms with Crippen molar-refractivity contribution in [1.82, 2.24) is 5.32 Å². The molecule has 1 N–H and O–H groups in total. The Morgan fingerprint density at radius 1 is 1.05 bits per heavy atom. The van der Waals surface area contributed by atoms with Crippen molar-refractivity contribution in [3.05, 3.63) is 70.0 Å². The van der Waals surface area contributed by atoms with Crippen LogP contribution in [0.1, 0.15) is 36.5 Å². The molecule has 0 unspecified atom stereocenters. The van der Waals surface area contributed by atoms with E-state index in [-0.39, 0.29) is 5.82 Å². The summed E-state index contributed by atoms with van der Waals surface area (Å²) in [5.74, 6) is 0.314. The van der Waals surface area contributed by atoms with E-state index in [0.29, 0.717) is 29.6 Å². The molecule has 1 nitrogen and oxygen atoms in total. The first kappa shape index (κ1) is 15.0. The van der Waals surface area contributed by atoms with E-state index in [0.717, 1.165) is 0 Å². The molecule has 0 spiro atoms. The Balaban J connectivity index is 1.91. The molecule has 20 heavy (non-hydrogen) atoms. The van der Waals surface area contributed by atoms with Crippen molar-refractivity contribution in [1.29, 1.82) is 0 Å². The second-order valence-electron chi connectivity index (χ2n) is 5.24. The summed E-state index contributed by atoms with van der Waals surface area (Å²) in [4.78, 5) is 0. The highest BCUT2D eigenvalue weighted by Gasteiger charge is 2.03. The molecule has 0 radical (unpaired) electrons. The van der Waals surface area contributed by atoms with Crippen LogP contribution in [0.15, 0.2) is 42.5 Å². The molecule has 106 valence electrons. The molecule has 0 atom stereocenters. The number of rotatable bonds is 5. The SMILES string of the molecule is CC(C)c1ccc(CNCc2cc(Cl)ccc2F)cc1. The van der Waals surface area contributed by atoms with Crippen molar-refractivity contribution in [2.24, 2.45) is 0 Å². The lowest BCUT2D eigenvalue weighted by atomic mass is 10.0. The van der Waals surface area contributed by atoms with Gasteiger partial charge in [-0.25, -0.2) is 4.39 Å². The van der Waals surface area contributed by atoms with Crippen molar-refractivity contribution in [3.8, 4) is 0 Å². The van der Waals surface area contributed by atoms with Crippen LogP contribution in [0.4, 0.5) is 4.39 Å². The summed E-state index contributed by atoms with van der Waals surface area (Å²) in [7, 11) is 0. The lowest BCUT2D eigenvalue weighted by molar-refractivity contribution is 0.588. The van der Waals surface area contributed by atoms with Gasteiger partial charge in [-0.05, 0) is 35.2 Å². The van der Waals surface area contributed by atoms with Gasteiger partial charge >= 0.3 is 0 Å². The zero-order valence-corrected chi connectivity index (χ0v) is 12.5. The fraction of sp³-hybridized carbons (Fsp3) is 0.294. The van der Waals surface area contributed by atoms with E-state index in [1.807, 2.05) is 0 Å². The third kappa shape index (κ3) is 4.06. The van der Waals surface area contributed by atoms with Crippen LogP contribution in [0.3, 0.4) is 0 Å². The van der Waals surface area contributed by atoms with E-state index < -0.39 is 0 Å². The largest absolute Gasteiger partial charge is 0.309 e. The lowest BCUT2D eigenvalue weighted by Crippen LogP contribution is -2.13. The number of hydrogen-bond donors (Lipinski definition) is 1. The third-order valence-corrected chi connectivity index (χ3v) is 3.53. The average Bonchev–Trinajstić information content (AvgIpc) is 2.43. The van der Waals surface area contributed by atoms with Crippen molar-refractivity contribution < 1.29 is 4.39 Å². The predicted octanol–water partition coefficient (Wildman–Crippen LogP) is 4.89. The Kier molecular flexibility index (Phi) is 5.16. The van der Waals surface area contributed by atoms with Crippen LogP contribution in [0.5, 0.6) is 0 Å². The maximum Gasteiger partial charge on any atom is 0.127 e. The van der Waals surface area contributed by atoms with Gasteiger partial charge in [-0.3, -0.25) is 0 Å². The first-order chi connectivity index (χ1) is 9.56. The standard InChI is InChI=1S/C17H19ClFN/c1-12(2)14-5-3-13(4-6-14)10-20-11-15-9-16(18)7-8-17(15)19/h3-9,12,20H,10-11H2,1-2H3. The molecule has 0 aliphatic rings. The molecule has 0 heterocycles. The second kappa shape index (κ2) is 6.87. The summed E-state index contributed by atoms with van der Waals surface area (Å²) in [5.41, 5.74) is 3.11. The molecular weight excluding hydrogens is 273 g/mol. The summed E-state index contributed by atoms with van der Waals surface area (Å²) >= 11 is 5.87. The smallest absolute Gasteiger partial charge is 0.127 e. The van der Waals surface area contributed by atoms with Gasteiger partial charge < -0.3 is 5.32 Å². The van der Waals surface area contributed by atoms with Gasteiger partial charge in [-0.1, -0.05) is 49.7 Å². The van der Waals surface area contributed by atoms with Gasteiger partial charge in [-0.2, -0.15) is 0 Å². The molecule has 3 heteroatoms. The maximum absolute atomic E-state index is 13.5. The normalized spacial score (nSPS) is 11.1. The fourth-order valence-corrected chi connectivity index (χ4v) is 2.24. The van der Waals surface area contributed by atoms with Gasteiger partial charge in [0, 0.05) is 23.7 Å². The summed E-state index contributed by atoms with van der Waals surface area (Å²) in [6.45, 7) is 5.53. The van der Waals surface area contributed by atoms with E-state index in [2.05, 4.69) is 43.4 Å². The van der Waals surface area contributed by atoms with Crippen LogP contribution in [0, 0.1) is 5.82 Å². The molecule has 0 saturated carbocycles. The van der Waals surface area contributed by atoms with Crippen LogP contribution in [-0.4, -0.2) is 0 Å². The molecule has 0 bridgehead atoms. The van der Waals surface area contributed by atoms with Gasteiger partial charge in [0.1, 0.15) is 5.82 Å². The highest BCUT2D eigenvalue weighted by molar-refractivity contribution is 6.30. The summed E-state index contributed by atoms with van der Waals surface area (Å²) < 4.78 is 13.5. The van der Waals surface area contributed by atoms with Crippen molar-refractivity contribution in [2.75, 3.05) is 0 Å². The predicted molar refractivity (Wildman–Crippen MR) is 82.5 cm³/mol. The minimum Gasteiger partial charge on any atom is -0.309 e.